The van der Waals surface area contributed by atoms with Gasteiger partial charge in [0.25, 0.3) is 0 Å². The monoisotopic (exact) mass is 493 g/mol. The SMILES string of the molecule is COC(=O)C1=CN(C[C@@H]2CCCO2)C=C(C(=O)OC)C1c1ccc(OC)c(OCc2ccccc2)c1. The Morgan fingerprint density at radius 1 is 0.944 bits per heavy atom. The van der Waals surface area contributed by atoms with Crippen LogP contribution in [0.5, 0.6) is 11.5 Å². The molecule has 36 heavy (non-hydrogen) atoms. The molecule has 1 fully saturated rings. The second-order valence-corrected chi connectivity index (χ2v) is 8.60. The number of nitrogens with zero attached hydrogens (tertiary/aromatic N) is 1. The van der Waals surface area contributed by atoms with Crippen LogP contribution >= 0.6 is 0 Å². The van der Waals surface area contributed by atoms with E-state index in [0.29, 0.717) is 48.0 Å². The first kappa shape index (κ1) is 25.3. The molecule has 0 bridgehead atoms. The summed E-state index contributed by atoms with van der Waals surface area (Å²) in [6.45, 7) is 1.56. The number of benzene rings is 2. The molecule has 0 aromatic heterocycles. The van der Waals surface area contributed by atoms with Crippen molar-refractivity contribution < 1.29 is 33.3 Å². The van der Waals surface area contributed by atoms with Crippen molar-refractivity contribution in [3.63, 3.8) is 0 Å². The van der Waals surface area contributed by atoms with Gasteiger partial charge >= 0.3 is 11.9 Å². The van der Waals surface area contributed by atoms with Crippen molar-refractivity contribution in [1.29, 1.82) is 0 Å². The summed E-state index contributed by atoms with van der Waals surface area (Å²) < 4.78 is 27.5. The van der Waals surface area contributed by atoms with Gasteiger partial charge in [0.2, 0.25) is 0 Å². The van der Waals surface area contributed by atoms with E-state index < -0.39 is 17.9 Å². The molecule has 1 saturated heterocycles. The maximum atomic E-state index is 12.9. The van der Waals surface area contributed by atoms with Crippen LogP contribution in [0.1, 0.15) is 29.9 Å². The molecule has 2 aromatic carbocycles. The molecule has 4 rings (SSSR count). The number of methoxy groups -OCH3 is 3. The number of esters is 2. The fourth-order valence-electron chi connectivity index (χ4n) is 4.50. The van der Waals surface area contributed by atoms with E-state index in [9.17, 15) is 9.59 Å². The first-order chi connectivity index (χ1) is 17.5. The Morgan fingerprint density at radius 2 is 1.64 bits per heavy atom. The van der Waals surface area contributed by atoms with E-state index in [1.807, 2.05) is 36.4 Å². The largest absolute Gasteiger partial charge is 0.493 e. The van der Waals surface area contributed by atoms with Gasteiger partial charge in [0.05, 0.1) is 44.5 Å². The summed E-state index contributed by atoms with van der Waals surface area (Å²) >= 11 is 0. The lowest BCUT2D eigenvalue weighted by Crippen LogP contribution is -2.32. The Labute approximate surface area is 211 Å². The van der Waals surface area contributed by atoms with E-state index in [4.69, 9.17) is 23.7 Å². The summed E-state index contributed by atoms with van der Waals surface area (Å²) in [6.07, 6.45) is 5.37. The smallest absolute Gasteiger partial charge is 0.336 e. The minimum Gasteiger partial charge on any atom is -0.493 e. The molecule has 2 aliphatic rings. The van der Waals surface area contributed by atoms with E-state index in [2.05, 4.69) is 0 Å². The molecule has 1 atom stereocenters. The van der Waals surface area contributed by atoms with E-state index in [-0.39, 0.29) is 6.10 Å². The third-order valence-electron chi connectivity index (χ3n) is 6.27. The quantitative estimate of drug-likeness (QED) is 0.486. The number of ether oxygens (including phenoxy) is 5. The number of carbonyl (C=O) groups excluding carboxylic acids is 2. The van der Waals surface area contributed by atoms with Crippen molar-refractivity contribution in [1.82, 2.24) is 4.90 Å². The van der Waals surface area contributed by atoms with Gasteiger partial charge in [0, 0.05) is 25.6 Å². The molecule has 0 radical (unpaired) electrons. The molecule has 2 aliphatic heterocycles. The average Bonchev–Trinajstić information content (AvgIpc) is 3.44. The van der Waals surface area contributed by atoms with Gasteiger partial charge in [0.1, 0.15) is 6.61 Å². The molecule has 0 aliphatic carbocycles. The molecule has 0 spiro atoms. The van der Waals surface area contributed by atoms with Gasteiger partial charge in [0.15, 0.2) is 11.5 Å². The van der Waals surface area contributed by atoms with Gasteiger partial charge < -0.3 is 28.6 Å². The molecule has 0 N–H and O–H groups in total. The third-order valence-corrected chi connectivity index (χ3v) is 6.27. The fourth-order valence-corrected chi connectivity index (χ4v) is 4.50. The molecule has 8 heteroatoms. The van der Waals surface area contributed by atoms with Crippen LogP contribution in [0.3, 0.4) is 0 Å². The highest BCUT2D eigenvalue weighted by Gasteiger charge is 2.36. The van der Waals surface area contributed by atoms with Gasteiger partial charge in [-0.15, -0.1) is 0 Å². The van der Waals surface area contributed by atoms with Crippen LogP contribution in [0, 0.1) is 0 Å². The highest BCUT2D eigenvalue weighted by atomic mass is 16.5. The topological polar surface area (TPSA) is 83.5 Å². The first-order valence-electron chi connectivity index (χ1n) is 11.9. The van der Waals surface area contributed by atoms with Gasteiger partial charge in [-0.1, -0.05) is 36.4 Å². The Bertz CT molecular complexity index is 1100. The molecule has 0 saturated carbocycles. The van der Waals surface area contributed by atoms with E-state index in [0.717, 1.165) is 18.4 Å². The predicted octanol–water partition coefficient (Wildman–Crippen LogP) is 3.97. The predicted molar refractivity (Wildman–Crippen MR) is 132 cm³/mol. The van der Waals surface area contributed by atoms with Crippen LogP contribution in [0.2, 0.25) is 0 Å². The summed E-state index contributed by atoms with van der Waals surface area (Å²) in [5.41, 5.74) is 2.30. The second kappa shape index (κ2) is 11.8. The lowest BCUT2D eigenvalue weighted by atomic mass is 9.83. The molecule has 0 unspecified atom stereocenters. The Morgan fingerprint density at radius 3 is 2.22 bits per heavy atom. The summed E-state index contributed by atoms with van der Waals surface area (Å²) in [7, 11) is 4.21. The zero-order valence-corrected chi connectivity index (χ0v) is 20.8. The minimum absolute atomic E-state index is 0.0193. The summed E-state index contributed by atoms with van der Waals surface area (Å²) in [5, 5.41) is 0. The van der Waals surface area contributed by atoms with Crippen LogP contribution in [0.4, 0.5) is 0 Å². The van der Waals surface area contributed by atoms with Crippen molar-refractivity contribution in [2.24, 2.45) is 0 Å². The highest BCUT2D eigenvalue weighted by molar-refractivity contribution is 5.98. The fraction of sp³-hybridized carbons (Fsp3) is 0.357. The molecule has 2 heterocycles. The summed E-state index contributed by atoms with van der Waals surface area (Å²) in [5.74, 6) is -0.744. The Hall–Kier alpha value is -3.78. The van der Waals surface area contributed by atoms with Gasteiger partial charge in [-0.3, -0.25) is 0 Å². The zero-order chi connectivity index (χ0) is 25.5. The number of rotatable bonds is 9. The van der Waals surface area contributed by atoms with Gasteiger partial charge in [-0.2, -0.15) is 0 Å². The van der Waals surface area contributed by atoms with E-state index in [1.165, 1.54) is 14.2 Å². The van der Waals surface area contributed by atoms with Gasteiger partial charge in [-0.25, -0.2) is 9.59 Å². The standard InChI is InChI=1S/C28H31NO7/c1-32-24-12-11-20(14-25(24)36-18-19-8-5-4-6-9-19)26-22(27(30)33-2)16-29(15-21-10-7-13-35-21)17-23(26)28(31)34-3/h4-6,8-9,11-12,14,16-17,21,26H,7,10,13,15,18H2,1-3H3/t21-/m0/s1. The van der Waals surface area contributed by atoms with Crippen molar-refractivity contribution in [3.8, 4) is 11.5 Å². The van der Waals surface area contributed by atoms with E-state index >= 15 is 0 Å². The van der Waals surface area contributed by atoms with Crippen LogP contribution in [0.25, 0.3) is 0 Å². The first-order valence-corrected chi connectivity index (χ1v) is 11.9. The number of hydrogen-bond donors (Lipinski definition) is 0. The van der Waals surface area contributed by atoms with E-state index in [1.54, 1.807) is 36.5 Å². The lowest BCUT2D eigenvalue weighted by Gasteiger charge is -2.31. The van der Waals surface area contributed by atoms with Crippen LogP contribution < -0.4 is 9.47 Å². The Kier molecular flexibility index (Phi) is 8.28. The lowest BCUT2D eigenvalue weighted by molar-refractivity contribution is -0.137. The normalized spacial score (nSPS) is 17.8. The third kappa shape index (κ3) is 5.71. The maximum Gasteiger partial charge on any atom is 0.336 e. The minimum atomic E-state index is -0.712. The van der Waals surface area contributed by atoms with Gasteiger partial charge in [-0.05, 0) is 36.1 Å². The summed E-state index contributed by atoms with van der Waals surface area (Å²) in [6, 6.07) is 15.1. The maximum absolute atomic E-state index is 12.9. The molecular formula is C28H31NO7. The number of hydrogen-bond acceptors (Lipinski definition) is 8. The Balaban J connectivity index is 1.71. The van der Waals surface area contributed by atoms with Crippen LogP contribution in [-0.4, -0.2) is 57.4 Å². The molecular weight excluding hydrogens is 462 g/mol. The average molecular weight is 494 g/mol. The molecule has 190 valence electrons. The van der Waals surface area contributed by atoms with Crippen LogP contribution in [0.15, 0.2) is 72.1 Å². The number of carbonyl (C=O) groups is 2. The van der Waals surface area contributed by atoms with Crippen LogP contribution in [-0.2, 0) is 30.4 Å². The second-order valence-electron chi connectivity index (χ2n) is 8.60. The molecule has 8 nitrogen and oxygen atoms in total. The van der Waals surface area contributed by atoms with Crippen molar-refractivity contribution in [3.05, 3.63) is 83.2 Å². The van der Waals surface area contributed by atoms with Crippen molar-refractivity contribution >= 4 is 11.9 Å². The summed E-state index contributed by atoms with van der Waals surface area (Å²) in [4.78, 5) is 27.7. The van der Waals surface area contributed by atoms with Crippen molar-refractivity contribution in [2.75, 3.05) is 34.5 Å². The zero-order valence-electron chi connectivity index (χ0n) is 20.8. The molecule has 2 aromatic rings. The molecule has 0 amide bonds. The van der Waals surface area contributed by atoms with Crippen molar-refractivity contribution in [2.45, 2.75) is 31.5 Å². The highest BCUT2D eigenvalue weighted by Crippen LogP contribution is 2.40.